The van der Waals surface area contributed by atoms with E-state index in [1.54, 1.807) is 0 Å². The Hall–Kier alpha value is -1.94. The molecule has 600 valence electrons. The average Bonchev–Trinajstić information content (AvgIpc) is 0.924. The Morgan fingerprint density at radius 3 is 0.703 bits per heavy atom. The van der Waals surface area contributed by atoms with Crippen molar-refractivity contribution in [1.29, 1.82) is 0 Å². The van der Waals surface area contributed by atoms with E-state index in [2.05, 4.69) is 34.6 Å². The zero-order valence-electron chi connectivity index (χ0n) is 66.1. The lowest BCUT2D eigenvalue weighted by Crippen LogP contribution is -2.30. The Morgan fingerprint density at radius 1 is 0.277 bits per heavy atom. The van der Waals surface area contributed by atoms with Gasteiger partial charge in [-0.2, -0.15) is 0 Å². The summed E-state index contributed by atoms with van der Waals surface area (Å²) in [7, 11) is -9.91. The number of unbranched alkanes of at least 4 members (excludes halogenated alkanes) is 53. The van der Waals surface area contributed by atoms with E-state index in [1.165, 1.54) is 263 Å². The number of phosphoric ester groups is 2. The first-order valence-corrected chi connectivity index (χ1v) is 45.7. The van der Waals surface area contributed by atoms with Crippen LogP contribution >= 0.6 is 15.6 Å². The highest BCUT2D eigenvalue weighted by Gasteiger charge is 2.30. The van der Waals surface area contributed by atoms with E-state index in [0.29, 0.717) is 25.7 Å². The predicted molar refractivity (Wildman–Crippen MR) is 414 cm³/mol. The van der Waals surface area contributed by atoms with Gasteiger partial charge in [0.05, 0.1) is 26.4 Å². The molecule has 0 aliphatic carbocycles. The molecular weight excluding hydrogens is 1320 g/mol. The van der Waals surface area contributed by atoms with Crippen molar-refractivity contribution in [2.45, 2.75) is 457 Å². The molecule has 0 bridgehead atoms. The summed E-state index contributed by atoms with van der Waals surface area (Å²) in [4.78, 5) is 72.9. The van der Waals surface area contributed by atoms with Crippen molar-refractivity contribution in [2.75, 3.05) is 39.6 Å². The summed E-state index contributed by atoms with van der Waals surface area (Å²) >= 11 is 0. The fourth-order valence-electron chi connectivity index (χ4n) is 12.7. The van der Waals surface area contributed by atoms with Crippen LogP contribution in [0.4, 0.5) is 0 Å². The van der Waals surface area contributed by atoms with Gasteiger partial charge in [-0.25, -0.2) is 9.13 Å². The highest BCUT2D eigenvalue weighted by atomic mass is 31.2. The van der Waals surface area contributed by atoms with Gasteiger partial charge in [-0.1, -0.05) is 388 Å². The highest BCUT2D eigenvalue weighted by Crippen LogP contribution is 2.45. The third kappa shape index (κ3) is 74.7. The van der Waals surface area contributed by atoms with Crippen molar-refractivity contribution in [3.8, 4) is 0 Å². The number of ether oxygens (including phenoxy) is 4. The molecule has 17 nitrogen and oxygen atoms in total. The monoisotopic (exact) mass is 1480 g/mol. The standard InChI is InChI=1S/C82H160O17P2/c1-6-10-13-16-19-22-24-26-28-30-32-34-35-37-39-41-43-45-48-51-57-62-67-81(86)98-77(71-93-80(85)66-61-56-50-47-44-42-40-38-36-33-31-29-27-25-23-20-17-14-11-7-2)73-96-100(88,89)94-69-76(83)70-95-101(90,91)97-74-78(72-92-79(84)65-60-55-49-46-21-18-15-12-8-3)99-82(87)68-63-58-53-52-54-59-64-75(5)9-4/h75-78,83H,6-74H2,1-5H3,(H,88,89)(H,90,91)/t75?,76-,77-,78-/m1/s1. The van der Waals surface area contributed by atoms with Gasteiger partial charge < -0.3 is 33.8 Å². The summed E-state index contributed by atoms with van der Waals surface area (Å²) in [6.07, 6.45) is 67.0. The molecular formula is C82H160O17P2. The zero-order valence-corrected chi connectivity index (χ0v) is 67.8. The number of aliphatic hydroxyl groups excluding tert-OH is 1. The third-order valence-electron chi connectivity index (χ3n) is 19.6. The molecule has 0 fully saturated rings. The summed E-state index contributed by atoms with van der Waals surface area (Å²) in [5.74, 6) is -1.39. The van der Waals surface area contributed by atoms with Gasteiger partial charge >= 0.3 is 39.5 Å². The Labute approximate surface area is 619 Å². The fraction of sp³-hybridized carbons (Fsp3) is 0.951. The molecule has 0 aromatic heterocycles. The second-order valence-corrected chi connectivity index (χ2v) is 32.7. The first-order chi connectivity index (χ1) is 49.1. The van der Waals surface area contributed by atoms with Crippen molar-refractivity contribution < 1.29 is 80.2 Å². The minimum absolute atomic E-state index is 0.104. The zero-order chi connectivity index (χ0) is 74.1. The van der Waals surface area contributed by atoms with Crippen LogP contribution in [-0.4, -0.2) is 96.7 Å². The molecule has 6 atom stereocenters. The lowest BCUT2D eigenvalue weighted by Gasteiger charge is -2.21. The number of carbonyl (C=O) groups excluding carboxylic acids is 4. The summed E-state index contributed by atoms with van der Waals surface area (Å²) in [6.45, 7) is 7.25. The molecule has 0 saturated heterocycles. The molecule has 0 amide bonds. The first-order valence-electron chi connectivity index (χ1n) is 42.7. The van der Waals surface area contributed by atoms with Gasteiger partial charge in [0.15, 0.2) is 12.2 Å². The minimum Gasteiger partial charge on any atom is -0.462 e. The molecule has 0 aromatic carbocycles. The fourth-order valence-corrected chi connectivity index (χ4v) is 14.3. The van der Waals surface area contributed by atoms with E-state index in [4.69, 9.17) is 37.0 Å². The van der Waals surface area contributed by atoms with E-state index in [9.17, 15) is 43.2 Å². The maximum absolute atomic E-state index is 13.1. The van der Waals surface area contributed by atoms with Gasteiger partial charge in [0.25, 0.3) is 0 Å². The Balaban J connectivity index is 5.16. The Bertz CT molecular complexity index is 1930. The summed E-state index contributed by atoms with van der Waals surface area (Å²) in [5.41, 5.74) is 0. The van der Waals surface area contributed by atoms with Gasteiger partial charge in [-0.15, -0.1) is 0 Å². The van der Waals surface area contributed by atoms with Crippen LogP contribution in [0.15, 0.2) is 0 Å². The molecule has 0 radical (unpaired) electrons. The SMILES string of the molecule is CCCCCCCCCCCCCCCCCCCCCCCCC(=O)O[C@H](COC(=O)CCCCCCCCCCCCCCCCCCCCCC)COP(=O)(O)OC[C@@H](O)COP(=O)(O)OC[C@@H](COC(=O)CCCCCCCCCCC)OC(=O)CCCCCCCCC(C)CC. The van der Waals surface area contributed by atoms with Crippen LogP contribution in [-0.2, 0) is 65.4 Å². The van der Waals surface area contributed by atoms with Crippen LogP contribution in [0.5, 0.6) is 0 Å². The van der Waals surface area contributed by atoms with Crippen LogP contribution in [0.2, 0.25) is 0 Å². The van der Waals surface area contributed by atoms with Crippen molar-refractivity contribution >= 4 is 39.5 Å². The van der Waals surface area contributed by atoms with E-state index in [0.717, 1.165) is 95.8 Å². The van der Waals surface area contributed by atoms with E-state index < -0.39 is 97.5 Å². The Kier molecular flexibility index (Phi) is 73.5. The molecule has 3 unspecified atom stereocenters. The van der Waals surface area contributed by atoms with E-state index in [1.807, 2.05) is 0 Å². The molecule has 101 heavy (non-hydrogen) atoms. The van der Waals surface area contributed by atoms with Crippen LogP contribution in [0.3, 0.4) is 0 Å². The number of hydrogen-bond donors (Lipinski definition) is 3. The van der Waals surface area contributed by atoms with Crippen LogP contribution in [0, 0.1) is 5.92 Å². The number of esters is 4. The number of phosphoric acid groups is 2. The molecule has 0 aliphatic rings. The van der Waals surface area contributed by atoms with E-state index in [-0.39, 0.29) is 25.7 Å². The van der Waals surface area contributed by atoms with Crippen LogP contribution in [0.25, 0.3) is 0 Å². The van der Waals surface area contributed by atoms with Gasteiger partial charge in [0.2, 0.25) is 0 Å². The lowest BCUT2D eigenvalue weighted by molar-refractivity contribution is -0.161. The van der Waals surface area contributed by atoms with Gasteiger partial charge in [0, 0.05) is 25.7 Å². The summed E-state index contributed by atoms with van der Waals surface area (Å²) in [5, 5.41) is 10.6. The number of rotatable bonds is 82. The van der Waals surface area contributed by atoms with Crippen molar-refractivity contribution in [2.24, 2.45) is 5.92 Å². The number of aliphatic hydroxyl groups is 1. The molecule has 0 heterocycles. The average molecular weight is 1480 g/mol. The minimum atomic E-state index is -4.96. The van der Waals surface area contributed by atoms with Crippen molar-refractivity contribution in [3.63, 3.8) is 0 Å². The molecule has 19 heteroatoms. The number of carbonyl (C=O) groups is 4. The smallest absolute Gasteiger partial charge is 0.462 e. The molecule has 0 spiro atoms. The Morgan fingerprint density at radius 2 is 0.475 bits per heavy atom. The maximum Gasteiger partial charge on any atom is 0.472 e. The first kappa shape index (κ1) is 99.1. The van der Waals surface area contributed by atoms with E-state index >= 15 is 0 Å². The molecule has 0 aliphatic heterocycles. The predicted octanol–water partition coefficient (Wildman–Crippen LogP) is 24.8. The van der Waals surface area contributed by atoms with Crippen molar-refractivity contribution in [1.82, 2.24) is 0 Å². The number of hydrogen-bond acceptors (Lipinski definition) is 15. The summed E-state index contributed by atoms with van der Waals surface area (Å²) < 4.78 is 68.6. The van der Waals surface area contributed by atoms with Gasteiger partial charge in [-0.3, -0.25) is 37.3 Å². The normalized spacial score (nSPS) is 14.1. The highest BCUT2D eigenvalue weighted by molar-refractivity contribution is 7.47. The quantitative estimate of drug-likeness (QED) is 0.0222. The molecule has 0 saturated carbocycles. The van der Waals surface area contributed by atoms with Gasteiger partial charge in [0.1, 0.15) is 19.3 Å². The second kappa shape index (κ2) is 74.9. The van der Waals surface area contributed by atoms with Gasteiger partial charge in [-0.05, 0) is 31.6 Å². The summed E-state index contributed by atoms with van der Waals surface area (Å²) in [6, 6.07) is 0. The van der Waals surface area contributed by atoms with Crippen LogP contribution < -0.4 is 0 Å². The topological polar surface area (TPSA) is 237 Å². The molecule has 3 N–H and O–H groups in total. The third-order valence-corrected chi connectivity index (χ3v) is 21.5. The molecule has 0 rings (SSSR count). The second-order valence-electron chi connectivity index (χ2n) is 29.8. The largest absolute Gasteiger partial charge is 0.472 e. The maximum atomic E-state index is 13.1. The van der Waals surface area contributed by atoms with Crippen molar-refractivity contribution in [3.05, 3.63) is 0 Å². The van der Waals surface area contributed by atoms with Crippen LogP contribution in [0.1, 0.15) is 439 Å². The molecule has 0 aromatic rings. The lowest BCUT2D eigenvalue weighted by atomic mass is 10.00.